The second kappa shape index (κ2) is 9.91. The van der Waals surface area contributed by atoms with Gasteiger partial charge < -0.3 is 29.0 Å². The lowest BCUT2D eigenvalue weighted by molar-refractivity contribution is 0.0990. The molecule has 36 heavy (non-hydrogen) atoms. The Morgan fingerprint density at radius 3 is 2.50 bits per heavy atom. The summed E-state index contributed by atoms with van der Waals surface area (Å²) >= 11 is 6.42. The van der Waals surface area contributed by atoms with Crippen LogP contribution in [0.15, 0.2) is 48.7 Å². The lowest BCUT2D eigenvalue weighted by Crippen LogP contribution is -2.30. The summed E-state index contributed by atoms with van der Waals surface area (Å²) in [6.45, 7) is 1.77. The van der Waals surface area contributed by atoms with Gasteiger partial charge in [0.05, 0.1) is 31.0 Å². The number of hydrogen-bond acceptors (Lipinski definition) is 5. The van der Waals surface area contributed by atoms with Crippen LogP contribution in [-0.2, 0) is 0 Å². The molecule has 0 radical (unpaired) electrons. The minimum absolute atomic E-state index is 0.0247. The zero-order chi connectivity index (χ0) is 25.4. The van der Waals surface area contributed by atoms with E-state index in [2.05, 4.69) is 11.1 Å². The van der Waals surface area contributed by atoms with Gasteiger partial charge in [-0.25, -0.2) is 0 Å². The van der Waals surface area contributed by atoms with Gasteiger partial charge in [-0.1, -0.05) is 24.3 Å². The first-order valence-electron chi connectivity index (χ1n) is 11.9. The quantitative estimate of drug-likeness (QED) is 0.329. The molecule has 188 valence electrons. The summed E-state index contributed by atoms with van der Waals surface area (Å²) in [7, 11) is 7.25. The Hall–Kier alpha value is -3.42. The number of methoxy groups -OCH3 is 2. The third-order valence-corrected chi connectivity index (χ3v) is 7.14. The highest BCUT2D eigenvalue weighted by molar-refractivity contribution is 6.20. The summed E-state index contributed by atoms with van der Waals surface area (Å²) in [6, 6.07) is 13.8. The second-order valence-electron chi connectivity index (χ2n) is 9.23. The molecule has 1 atom stereocenters. The summed E-state index contributed by atoms with van der Waals surface area (Å²) < 4.78 is 17.2. The zero-order valence-electron chi connectivity index (χ0n) is 20.9. The molecular weight excluding hydrogens is 478 g/mol. The van der Waals surface area contributed by atoms with Gasteiger partial charge >= 0.3 is 0 Å². The van der Waals surface area contributed by atoms with E-state index >= 15 is 0 Å². The van der Waals surface area contributed by atoms with Gasteiger partial charge in [0.25, 0.3) is 5.91 Å². The summed E-state index contributed by atoms with van der Waals surface area (Å²) in [5, 5.41) is 2.86. The average Bonchev–Trinajstić information content (AvgIpc) is 3.48. The topological polar surface area (TPSA) is 67.0 Å². The molecule has 0 spiro atoms. The normalized spacial score (nSPS) is 15.1. The van der Waals surface area contributed by atoms with E-state index in [0.29, 0.717) is 36.1 Å². The largest absolute Gasteiger partial charge is 0.496 e. The van der Waals surface area contributed by atoms with E-state index in [1.165, 1.54) is 0 Å². The van der Waals surface area contributed by atoms with Crippen molar-refractivity contribution in [3.8, 4) is 17.2 Å². The Morgan fingerprint density at radius 2 is 1.81 bits per heavy atom. The highest BCUT2D eigenvalue weighted by Crippen LogP contribution is 2.46. The van der Waals surface area contributed by atoms with Crippen LogP contribution in [0.25, 0.3) is 21.7 Å². The number of hydrogen-bond donors (Lipinski definition) is 1. The molecule has 0 saturated carbocycles. The number of alkyl halides is 1. The van der Waals surface area contributed by atoms with Crippen molar-refractivity contribution in [2.24, 2.45) is 0 Å². The van der Waals surface area contributed by atoms with Crippen molar-refractivity contribution in [2.75, 3.05) is 58.8 Å². The van der Waals surface area contributed by atoms with Crippen LogP contribution in [0.5, 0.6) is 17.2 Å². The monoisotopic (exact) mass is 507 g/mol. The highest BCUT2D eigenvalue weighted by atomic mass is 35.5. The molecule has 7 nitrogen and oxygen atoms in total. The van der Waals surface area contributed by atoms with E-state index in [-0.39, 0.29) is 11.8 Å². The van der Waals surface area contributed by atoms with Crippen LogP contribution in [-0.4, -0.2) is 69.7 Å². The maximum Gasteiger partial charge on any atom is 0.260 e. The van der Waals surface area contributed by atoms with Gasteiger partial charge in [-0.05, 0) is 31.1 Å². The van der Waals surface area contributed by atoms with E-state index in [0.717, 1.165) is 45.2 Å². The molecule has 1 N–H and O–H groups in total. The van der Waals surface area contributed by atoms with Crippen molar-refractivity contribution in [3.63, 3.8) is 0 Å². The van der Waals surface area contributed by atoms with Gasteiger partial charge in [0.1, 0.15) is 12.4 Å². The maximum absolute atomic E-state index is 14.0. The highest BCUT2D eigenvalue weighted by Gasteiger charge is 2.35. The van der Waals surface area contributed by atoms with Crippen molar-refractivity contribution in [1.29, 1.82) is 0 Å². The molecule has 2 heterocycles. The second-order valence-corrected chi connectivity index (χ2v) is 9.54. The molecular formula is C28H30ClN3O4. The van der Waals surface area contributed by atoms with E-state index in [4.69, 9.17) is 25.8 Å². The lowest BCUT2D eigenvalue weighted by atomic mass is 9.95. The molecule has 1 aromatic heterocycles. The Kier molecular flexibility index (Phi) is 6.69. The van der Waals surface area contributed by atoms with E-state index in [1.807, 2.05) is 60.3 Å². The number of halogens is 1. The smallest absolute Gasteiger partial charge is 0.260 e. The van der Waals surface area contributed by atoms with Crippen LogP contribution < -0.4 is 19.1 Å². The Bertz CT molecular complexity index is 1430. The zero-order valence-corrected chi connectivity index (χ0v) is 21.7. The minimum Gasteiger partial charge on any atom is -0.496 e. The number of amides is 1. The Morgan fingerprint density at radius 1 is 1.06 bits per heavy atom. The first-order valence-corrected chi connectivity index (χ1v) is 12.4. The lowest BCUT2D eigenvalue weighted by Gasteiger charge is -2.19. The fraction of sp³-hybridized carbons (Fsp3) is 0.321. The molecule has 0 unspecified atom stereocenters. The number of aromatic amines is 1. The van der Waals surface area contributed by atoms with Crippen molar-refractivity contribution >= 4 is 44.9 Å². The van der Waals surface area contributed by atoms with Crippen LogP contribution in [0.2, 0.25) is 0 Å². The number of rotatable bonds is 8. The van der Waals surface area contributed by atoms with E-state index in [1.54, 1.807) is 20.4 Å². The molecule has 3 aromatic carbocycles. The van der Waals surface area contributed by atoms with Crippen molar-refractivity contribution in [1.82, 2.24) is 9.88 Å². The number of H-pyrrole nitrogens is 1. The van der Waals surface area contributed by atoms with Gasteiger partial charge in [0, 0.05) is 54.0 Å². The number of fused-ring (bicyclic) bond motifs is 4. The molecule has 4 aromatic rings. The van der Waals surface area contributed by atoms with Crippen LogP contribution in [0.3, 0.4) is 0 Å². The van der Waals surface area contributed by atoms with Gasteiger partial charge in [-0.3, -0.25) is 4.79 Å². The number of nitrogens with zero attached hydrogens (tertiary/aromatic N) is 2. The summed E-state index contributed by atoms with van der Waals surface area (Å²) in [4.78, 5) is 21.1. The molecule has 0 aliphatic carbocycles. The summed E-state index contributed by atoms with van der Waals surface area (Å²) in [5.74, 6) is 2.30. The maximum atomic E-state index is 14.0. The Labute approximate surface area is 215 Å². The first kappa shape index (κ1) is 24.3. The number of likely N-dealkylation sites (N-methyl/N-ethyl adjacent to an activating group) is 1. The van der Waals surface area contributed by atoms with E-state index in [9.17, 15) is 4.79 Å². The number of nitrogens with one attached hydrogen (secondary N) is 1. The third-order valence-electron chi connectivity index (χ3n) is 6.77. The van der Waals surface area contributed by atoms with Crippen molar-refractivity contribution in [2.45, 2.75) is 5.92 Å². The van der Waals surface area contributed by atoms with Crippen LogP contribution >= 0.6 is 11.6 Å². The van der Waals surface area contributed by atoms with Crippen LogP contribution in [0.1, 0.15) is 21.8 Å². The van der Waals surface area contributed by atoms with E-state index < -0.39 is 0 Å². The number of carbonyl (C=O) groups excluding carboxylic acids is 1. The van der Waals surface area contributed by atoms with Crippen LogP contribution in [0.4, 0.5) is 5.69 Å². The first-order chi connectivity index (χ1) is 17.5. The number of anilines is 1. The number of aromatic nitrogens is 1. The summed E-state index contributed by atoms with van der Waals surface area (Å²) in [6.07, 6.45) is 1.75. The van der Waals surface area contributed by atoms with Crippen molar-refractivity contribution < 1.29 is 19.0 Å². The third kappa shape index (κ3) is 4.12. The molecule has 8 heteroatoms. The molecule has 0 bridgehead atoms. The fourth-order valence-corrected chi connectivity index (χ4v) is 5.21. The molecule has 0 fully saturated rings. The predicted octanol–water partition coefficient (Wildman–Crippen LogP) is 5.26. The molecule has 1 aliphatic rings. The van der Waals surface area contributed by atoms with Crippen LogP contribution in [0, 0.1) is 0 Å². The van der Waals surface area contributed by atoms with Gasteiger partial charge in [0.2, 0.25) is 0 Å². The number of benzene rings is 3. The number of carbonyl (C=O) groups is 1. The fourth-order valence-electron chi connectivity index (χ4n) is 4.96. The molecule has 0 saturated heterocycles. The SMILES string of the molecule is COc1cc2[nH]cc(C(=O)N3C[C@@H](CCl)c4c3cc(OC)c3ccccc43)c2cc1OCCN(C)C. The Balaban J connectivity index is 1.57. The summed E-state index contributed by atoms with van der Waals surface area (Å²) in [5.41, 5.74) is 3.30. The van der Waals surface area contributed by atoms with Gasteiger partial charge in [0.15, 0.2) is 11.5 Å². The average molecular weight is 508 g/mol. The van der Waals surface area contributed by atoms with Gasteiger partial charge in [-0.15, -0.1) is 11.6 Å². The van der Waals surface area contributed by atoms with Crippen molar-refractivity contribution in [3.05, 3.63) is 59.8 Å². The molecule has 1 amide bonds. The van der Waals surface area contributed by atoms with Gasteiger partial charge in [-0.2, -0.15) is 0 Å². The predicted molar refractivity (Wildman–Crippen MR) is 145 cm³/mol. The minimum atomic E-state index is -0.100. The molecule has 5 rings (SSSR count). The standard InChI is InChI=1S/C28H30ClN3O4/c1-31(2)9-10-36-26-11-20-21(15-30-22(20)12-25(26)35-4)28(33)32-16-17(14-29)27-19-8-6-5-7-18(19)24(34-3)13-23(27)32/h5-8,11-13,15,17,30H,9-10,14,16H2,1-4H3/t17-/m1/s1. The molecule has 1 aliphatic heterocycles. The number of ether oxygens (including phenoxy) is 3.